The van der Waals surface area contributed by atoms with Crippen LogP contribution in [0.4, 0.5) is 5.82 Å². The van der Waals surface area contributed by atoms with E-state index in [1.165, 1.54) is 0 Å². The Morgan fingerprint density at radius 2 is 2.33 bits per heavy atom. The Bertz CT molecular complexity index is 693. The van der Waals surface area contributed by atoms with E-state index in [2.05, 4.69) is 20.4 Å². The van der Waals surface area contributed by atoms with Crippen molar-refractivity contribution < 1.29 is 9.15 Å². The topological polar surface area (TPSA) is 78.0 Å². The SMILES string of the molecule is Cn1ncc2c(NCCCOCc3ccco3)ncnc21. The number of aromatic nitrogens is 4. The lowest BCUT2D eigenvalue weighted by Crippen LogP contribution is -2.07. The highest BCUT2D eigenvalue weighted by molar-refractivity contribution is 5.85. The molecule has 0 amide bonds. The third-order valence-electron chi connectivity index (χ3n) is 3.11. The van der Waals surface area contributed by atoms with E-state index in [1.54, 1.807) is 23.5 Å². The van der Waals surface area contributed by atoms with Gasteiger partial charge < -0.3 is 14.5 Å². The van der Waals surface area contributed by atoms with E-state index in [0.717, 1.165) is 35.6 Å². The van der Waals surface area contributed by atoms with Crippen molar-refractivity contribution in [2.24, 2.45) is 7.05 Å². The van der Waals surface area contributed by atoms with Gasteiger partial charge in [-0.15, -0.1) is 0 Å². The predicted octanol–water partition coefficient (Wildman–Crippen LogP) is 1.98. The number of fused-ring (bicyclic) bond motifs is 1. The normalized spacial score (nSPS) is 11.1. The first-order chi connectivity index (χ1) is 10.3. The van der Waals surface area contributed by atoms with E-state index in [0.29, 0.717) is 13.2 Å². The highest BCUT2D eigenvalue weighted by atomic mass is 16.5. The average Bonchev–Trinajstić information content (AvgIpc) is 3.14. The van der Waals surface area contributed by atoms with Crippen LogP contribution in [0.2, 0.25) is 0 Å². The molecule has 1 N–H and O–H groups in total. The largest absolute Gasteiger partial charge is 0.467 e. The van der Waals surface area contributed by atoms with Crippen LogP contribution in [-0.4, -0.2) is 32.9 Å². The molecular formula is C14H17N5O2. The smallest absolute Gasteiger partial charge is 0.163 e. The Morgan fingerprint density at radius 1 is 1.38 bits per heavy atom. The van der Waals surface area contributed by atoms with Crippen LogP contribution in [0.5, 0.6) is 0 Å². The minimum Gasteiger partial charge on any atom is -0.467 e. The number of hydrogen-bond acceptors (Lipinski definition) is 6. The first kappa shape index (κ1) is 13.6. The minimum absolute atomic E-state index is 0.507. The van der Waals surface area contributed by atoms with Gasteiger partial charge in [0.25, 0.3) is 0 Å². The molecule has 0 atom stereocenters. The molecule has 0 aliphatic heterocycles. The molecule has 3 heterocycles. The molecule has 0 unspecified atom stereocenters. The number of nitrogens with one attached hydrogen (secondary N) is 1. The maximum absolute atomic E-state index is 5.52. The number of nitrogens with zero attached hydrogens (tertiary/aromatic N) is 4. The molecule has 7 heteroatoms. The average molecular weight is 287 g/mol. The molecule has 7 nitrogen and oxygen atoms in total. The molecule has 0 aliphatic rings. The van der Waals surface area contributed by atoms with Crippen molar-refractivity contribution in [1.82, 2.24) is 19.7 Å². The van der Waals surface area contributed by atoms with Crippen LogP contribution in [0, 0.1) is 0 Å². The molecule has 0 saturated carbocycles. The maximum Gasteiger partial charge on any atom is 0.163 e. The fourth-order valence-corrected chi connectivity index (χ4v) is 2.05. The molecule has 0 spiro atoms. The lowest BCUT2D eigenvalue weighted by molar-refractivity contribution is 0.106. The summed E-state index contributed by atoms with van der Waals surface area (Å²) in [5, 5.41) is 8.40. The Morgan fingerprint density at radius 3 is 3.19 bits per heavy atom. The van der Waals surface area contributed by atoms with Gasteiger partial charge in [-0.2, -0.15) is 5.10 Å². The molecule has 110 valence electrons. The zero-order chi connectivity index (χ0) is 14.5. The molecule has 0 bridgehead atoms. The summed E-state index contributed by atoms with van der Waals surface area (Å²) in [7, 11) is 1.86. The van der Waals surface area contributed by atoms with E-state index >= 15 is 0 Å². The lowest BCUT2D eigenvalue weighted by Gasteiger charge is -2.06. The van der Waals surface area contributed by atoms with Crippen molar-refractivity contribution in [3.8, 4) is 0 Å². The molecule has 0 radical (unpaired) electrons. The van der Waals surface area contributed by atoms with E-state index in [9.17, 15) is 0 Å². The van der Waals surface area contributed by atoms with Gasteiger partial charge in [0, 0.05) is 20.2 Å². The Hall–Kier alpha value is -2.41. The Balaban J connectivity index is 1.44. The molecule has 3 rings (SSSR count). The summed E-state index contributed by atoms with van der Waals surface area (Å²) in [6.45, 7) is 1.95. The fraction of sp³-hybridized carbons (Fsp3) is 0.357. The van der Waals surface area contributed by atoms with Crippen molar-refractivity contribution >= 4 is 16.9 Å². The van der Waals surface area contributed by atoms with Gasteiger partial charge in [-0.1, -0.05) is 0 Å². The summed E-state index contributed by atoms with van der Waals surface area (Å²) in [6, 6.07) is 3.76. The van der Waals surface area contributed by atoms with Crippen LogP contribution in [0.3, 0.4) is 0 Å². The zero-order valence-electron chi connectivity index (χ0n) is 11.8. The van der Waals surface area contributed by atoms with Crippen molar-refractivity contribution in [1.29, 1.82) is 0 Å². The number of anilines is 1. The van der Waals surface area contributed by atoms with Gasteiger partial charge in [0.15, 0.2) is 5.65 Å². The summed E-state index contributed by atoms with van der Waals surface area (Å²) >= 11 is 0. The summed E-state index contributed by atoms with van der Waals surface area (Å²) in [5.74, 6) is 1.65. The quantitative estimate of drug-likeness (QED) is 0.669. The summed E-state index contributed by atoms with van der Waals surface area (Å²) in [6.07, 6.45) is 5.84. The van der Waals surface area contributed by atoms with E-state index in [1.807, 2.05) is 19.2 Å². The van der Waals surface area contributed by atoms with Crippen LogP contribution in [0.25, 0.3) is 11.0 Å². The number of ether oxygens (including phenoxy) is 1. The van der Waals surface area contributed by atoms with E-state index in [4.69, 9.17) is 9.15 Å². The molecule has 0 saturated heterocycles. The fourth-order valence-electron chi connectivity index (χ4n) is 2.05. The van der Waals surface area contributed by atoms with Crippen molar-refractivity contribution in [3.05, 3.63) is 36.7 Å². The van der Waals surface area contributed by atoms with Crippen molar-refractivity contribution in [3.63, 3.8) is 0 Å². The van der Waals surface area contributed by atoms with Crippen molar-refractivity contribution in [2.45, 2.75) is 13.0 Å². The second-order valence-electron chi connectivity index (χ2n) is 4.64. The number of furan rings is 1. The van der Waals surface area contributed by atoms with E-state index < -0.39 is 0 Å². The Kier molecular flexibility index (Phi) is 4.11. The molecular weight excluding hydrogens is 270 g/mol. The standard InChI is InChI=1S/C14H17N5O2/c1-19-14-12(8-18-19)13(16-10-17-14)15-5-3-6-20-9-11-4-2-7-21-11/h2,4,7-8,10H,3,5-6,9H2,1H3,(H,15,16,17). The van der Waals surface area contributed by atoms with Gasteiger partial charge in [0.2, 0.25) is 0 Å². The van der Waals surface area contributed by atoms with E-state index in [-0.39, 0.29) is 0 Å². The maximum atomic E-state index is 5.52. The van der Waals surface area contributed by atoms with Gasteiger partial charge in [0.1, 0.15) is 24.5 Å². The van der Waals surface area contributed by atoms with Crippen molar-refractivity contribution in [2.75, 3.05) is 18.5 Å². The third kappa shape index (κ3) is 3.19. The highest BCUT2D eigenvalue weighted by Crippen LogP contribution is 2.17. The second kappa shape index (κ2) is 6.36. The first-order valence-electron chi connectivity index (χ1n) is 6.81. The van der Waals surface area contributed by atoms with Gasteiger partial charge in [-0.05, 0) is 18.6 Å². The zero-order valence-corrected chi connectivity index (χ0v) is 11.8. The number of hydrogen-bond donors (Lipinski definition) is 1. The van der Waals surface area contributed by atoms with Gasteiger partial charge in [-0.3, -0.25) is 4.68 Å². The second-order valence-corrected chi connectivity index (χ2v) is 4.64. The van der Waals surface area contributed by atoms with Gasteiger partial charge >= 0.3 is 0 Å². The summed E-state index contributed by atoms with van der Waals surface area (Å²) < 4.78 is 12.4. The molecule has 3 aromatic rings. The Labute approximate surface area is 121 Å². The number of rotatable bonds is 7. The van der Waals surface area contributed by atoms with Crippen LogP contribution < -0.4 is 5.32 Å². The summed E-state index contributed by atoms with van der Waals surface area (Å²) in [5.41, 5.74) is 0.821. The molecule has 3 aromatic heterocycles. The molecule has 0 fully saturated rings. The minimum atomic E-state index is 0.507. The molecule has 0 aromatic carbocycles. The third-order valence-corrected chi connectivity index (χ3v) is 3.11. The van der Waals surface area contributed by atoms with Crippen LogP contribution in [0.1, 0.15) is 12.2 Å². The number of aryl methyl sites for hydroxylation is 1. The summed E-state index contributed by atoms with van der Waals surface area (Å²) in [4.78, 5) is 8.45. The monoisotopic (exact) mass is 287 g/mol. The molecule has 0 aliphatic carbocycles. The van der Waals surface area contributed by atoms with Crippen LogP contribution in [0.15, 0.2) is 35.3 Å². The first-order valence-corrected chi connectivity index (χ1v) is 6.81. The predicted molar refractivity (Wildman–Crippen MR) is 77.8 cm³/mol. The van der Waals surface area contributed by atoms with Gasteiger partial charge in [0.05, 0.1) is 17.8 Å². The molecule has 21 heavy (non-hydrogen) atoms. The van der Waals surface area contributed by atoms with Crippen LogP contribution in [-0.2, 0) is 18.4 Å². The highest BCUT2D eigenvalue weighted by Gasteiger charge is 2.06. The lowest BCUT2D eigenvalue weighted by atomic mass is 10.3. The van der Waals surface area contributed by atoms with Gasteiger partial charge in [-0.25, -0.2) is 9.97 Å². The van der Waals surface area contributed by atoms with Crippen LogP contribution >= 0.6 is 0 Å².